The molecule has 9 heteroatoms. The van der Waals surface area contributed by atoms with Gasteiger partial charge in [-0.25, -0.2) is 0 Å². The Labute approximate surface area is 407 Å². The second kappa shape index (κ2) is 47.4. The summed E-state index contributed by atoms with van der Waals surface area (Å²) in [6.07, 6.45) is 53.0. The van der Waals surface area contributed by atoms with Gasteiger partial charge in [0.15, 0.2) is 6.29 Å². The summed E-state index contributed by atoms with van der Waals surface area (Å²) in [5, 5.41) is 54.1. The van der Waals surface area contributed by atoms with Crippen molar-refractivity contribution in [3.05, 3.63) is 24.3 Å². The maximum absolute atomic E-state index is 13.0. The van der Waals surface area contributed by atoms with E-state index in [1.165, 1.54) is 218 Å². The number of aliphatic hydroxyl groups is 5. The molecule has 0 aliphatic carbocycles. The van der Waals surface area contributed by atoms with Crippen molar-refractivity contribution in [3.8, 4) is 0 Å². The van der Waals surface area contributed by atoms with E-state index in [2.05, 4.69) is 31.3 Å². The number of carbonyl (C=O) groups excluding carboxylic acids is 1. The van der Waals surface area contributed by atoms with Gasteiger partial charge in [-0.2, -0.15) is 0 Å². The molecule has 0 radical (unpaired) electrons. The summed E-state index contributed by atoms with van der Waals surface area (Å²) in [5.41, 5.74) is 0. The van der Waals surface area contributed by atoms with Crippen molar-refractivity contribution in [2.24, 2.45) is 0 Å². The van der Waals surface area contributed by atoms with Crippen LogP contribution in [0.2, 0.25) is 0 Å². The number of hydrogen-bond donors (Lipinski definition) is 6. The Bertz CT molecular complexity index is 1090. The fourth-order valence-electron chi connectivity index (χ4n) is 9.21. The highest BCUT2D eigenvalue weighted by molar-refractivity contribution is 5.76. The van der Waals surface area contributed by atoms with Gasteiger partial charge in [-0.05, 0) is 44.9 Å². The third-order valence-electron chi connectivity index (χ3n) is 13.8. The Morgan fingerprint density at radius 1 is 0.500 bits per heavy atom. The van der Waals surface area contributed by atoms with Crippen LogP contribution in [-0.2, 0) is 14.3 Å². The lowest BCUT2D eigenvalue weighted by Gasteiger charge is -2.40. The van der Waals surface area contributed by atoms with Gasteiger partial charge in [0.25, 0.3) is 0 Å². The number of rotatable bonds is 49. The Kier molecular flexibility index (Phi) is 45.0. The third kappa shape index (κ3) is 36.6. The molecule has 390 valence electrons. The zero-order valence-electron chi connectivity index (χ0n) is 43.2. The van der Waals surface area contributed by atoms with Crippen molar-refractivity contribution in [1.29, 1.82) is 0 Å². The van der Waals surface area contributed by atoms with Gasteiger partial charge >= 0.3 is 0 Å². The van der Waals surface area contributed by atoms with Crippen LogP contribution in [0.25, 0.3) is 0 Å². The number of nitrogens with one attached hydrogen (secondary N) is 1. The van der Waals surface area contributed by atoms with Crippen LogP contribution in [0.1, 0.15) is 277 Å². The molecule has 1 rings (SSSR count). The van der Waals surface area contributed by atoms with Crippen LogP contribution >= 0.6 is 0 Å². The van der Waals surface area contributed by atoms with E-state index in [1.54, 1.807) is 6.08 Å². The summed E-state index contributed by atoms with van der Waals surface area (Å²) in [6.45, 7) is 3.75. The van der Waals surface area contributed by atoms with Gasteiger partial charge in [-0.1, -0.05) is 250 Å². The van der Waals surface area contributed by atoms with Gasteiger partial charge in [-0.3, -0.25) is 4.79 Å². The van der Waals surface area contributed by atoms with Gasteiger partial charge in [-0.15, -0.1) is 0 Å². The summed E-state index contributed by atoms with van der Waals surface area (Å²) in [6, 6.07) is -0.799. The molecule has 1 fully saturated rings. The SMILES string of the molecule is CCCCCCCC/C=C/C(O)C(COC1OC(CO)C(O)C(O)C1O)NC(=O)CCCCCCCCCCCCCCCCCCCCCCCCC/C=C\CCCCCCCCCC. The summed E-state index contributed by atoms with van der Waals surface area (Å²) in [4.78, 5) is 13.0. The molecular formula is C57H109NO8. The third-order valence-corrected chi connectivity index (χ3v) is 13.8. The molecular weight excluding hydrogens is 827 g/mol. The number of ether oxygens (including phenoxy) is 2. The van der Waals surface area contributed by atoms with E-state index in [9.17, 15) is 30.3 Å². The monoisotopic (exact) mass is 936 g/mol. The van der Waals surface area contributed by atoms with Crippen molar-refractivity contribution in [1.82, 2.24) is 5.32 Å². The molecule has 6 N–H and O–H groups in total. The van der Waals surface area contributed by atoms with Crippen molar-refractivity contribution >= 4 is 5.91 Å². The van der Waals surface area contributed by atoms with Crippen LogP contribution in [0.5, 0.6) is 0 Å². The van der Waals surface area contributed by atoms with Gasteiger partial charge in [0.1, 0.15) is 24.4 Å². The molecule has 1 aliphatic rings. The highest BCUT2D eigenvalue weighted by Gasteiger charge is 2.44. The van der Waals surface area contributed by atoms with Crippen LogP contribution in [0.4, 0.5) is 0 Å². The van der Waals surface area contributed by atoms with E-state index < -0.39 is 49.5 Å². The molecule has 1 aliphatic heterocycles. The van der Waals surface area contributed by atoms with Crippen molar-refractivity contribution < 1.29 is 39.8 Å². The number of amides is 1. The minimum atomic E-state index is -1.56. The molecule has 1 amide bonds. The highest BCUT2D eigenvalue weighted by Crippen LogP contribution is 2.23. The lowest BCUT2D eigenvalue weighted by Crippen LogP contribution is -2.60. The number of unbranched alkanes of at least 4 members (excludes halogenated alkanes) is 37. The smallest absolute Gasteiger partial charge is 0.220 e. The summed E-state index contributed by atoms with van der Waals surface area (Å²) in [7, 11) is 0. The van der Waals surface area contributed by atoms with Crippen molar-refractivity contribution in [2.45, 2.75) is 320 Å². The first-order valence-corrected chi connectivity index (χ1v) is 28.6. The quantitative estimate of drug-likeness (QED) is 0.0261. The number of carbonyl (C=O) groups is 1. The summed E-state index contributed by atoms with van der Waals surface area (Å²) < 4.78 is 11.2. The molecule has 1 heterocycles. The average molecular weight is 936 g/mol. The standard InChI is InChI=1S/C57H109NO8/c1-3-5-7-9-11-13-14-15-16-17-18-19-20-21-22-23-24-25-26-27-28-29-30-31-32-33-34-35-36-37-38-39-41-43-45-47-53(61)58-50(51(60)46-44-42-40-12-10-8-6-4-2)49-65-57-56(64)55(63)54(62)52(48-59)66-57/h17-18,44,46,50-52,54-57,59-60,62-64H,3-16,19-43,45,47-49H2,1-2H3,(H,58,61)/b18-17-,46-44+. The zero-order valence-corrected chi connectivity index (χ0v) is 43.2. The lowest BCUT2D eigenvalue weighted by molar-refractivity contribution is -0.302. The van der Waals surface area contributed by atoms with E-state index in [1.807, 2.05) is 6.08 Å². The topological polar surface area (TPSA) is 149 Å². The van der Waals surface area contributed by atoms with Gasteiger partial charge < -0.3 is 40.3 Å². The predicted octanol–water partition coefficient (Wildman–Crippen LogP) is 13.8. The number of aliphatic hydroxyl groups excluding tert-OH is 5. The van der Waals surface area contributed by atoms with Crippen molar-refractivity contribution in [3.63, 3.8) is 0 Å². The molecule has 9 nitrogen and oxygen atoms in total. The maximum Gasteiger partial charge on any atom is 0.220 e. The highest BCUT2D eigenvalue weighted by atomic mass is 16.7. The average Bonchev–Trinajstić information content (AvgIpc) is 3.32. The van der Waals surface area contributed by atoms with E-state index >= 15 is 0 Å². The Hall–Kier alpha value is -1.33. The van der Waals surface area contributed by atoms with Crippen LogP contribution in [-0.4, -0.2) is 87.5 Å². The molecule has 1 saturated heterocycles. The van der Waals surface area contributed by atoms with Crippen molar-refractivity contribution in [2.75, 3.05) is 13.2 Å². The first-order valence-electron chi connectivity index (χ1n) is 28.6. The molecule has 0 aromatic heterocycles. The zero-order chi connectivity index (χ0) is 48.0. The Morgan fingerprint density at radius 2 is 0.848 bits per heavy atom. The van der Waals surface area contributed by atoms with Crippen LogP contribution in [0, 0.1) is 0 Å². The number of hydrogen-bond acceptors (Lipinski definition) is 8. The van der Waals surface area contributed by atoms with E-state index in [-0.39, 0.29) is 12.5 Å². The molecule has 7 unspecified atom stereocenters. The van der Waals surface area contributed by atoms with Crippen LogP contribution in [0.15, 0.2) is 24.3 Å². The Morgan fingerprint density at radius 3 is 1.23 bits per heavy atom. The second-order valence-electron chi connectivity index (χ2n) is 20.1. The molecule has 7 atom stereocenters. The summed E-state index contributed by atoms with van der Waals surface area (Å²) >= 11 is 0. The van der Waals surface area contributed by atoms with Crippen LogP contribution < -0.4 is 5.32 Å². The molecule has 0 saturated carbocycles. The first kappa shape index (κ1) is 62.7. The normalized spacial score (nSPS) is 19.9. The molecule has 0 aromatic carbocycles. The number of allylic oxidation sites excluding steroid dienone is 3. The molecule has 66 heavy (non-hydrogen) atoms. The molecule has 0 spiro atoms. The fourth-order valence-corrected chi connectivity index (χ4v) is 9.21. The first-order chi connectivity index (χ1) is 32.3. The largest absolute Gasteiger partial charge is 0.394 e. The maximum atomic E-state index is 13.0. The lowest BCUT2D eigenvalue weighted by atomic mass is 9.99. The minimum Gasteiger partial charge on any atom is -0.394 e. The molecule has 0 bridgehead atoms. The summed E-state index contributed by atoms with van der Waals surface area (Å²) in [5.74, 6) is -0.176. The fraction of sp³-hybridized carbons (Fsp3) is 0.912. The molecule has 0 aromatic rings. The van der Waals surface area contributed by atoms with E-state index in [4.69, 9.17) is 9.47 Å². The van der Waals surface area contributed by atoms with E-state index in [0.717, 1.165) is 38.5 Å². The minimum absolute atomic E-state index is 0.176. The van der Waals surface area contributed by atoms with Gasteiger partial charge in [0, 0.05) is 6.42 Å². The predicted molar refractivity (Wildman–Crippen MR) is 277 cm³/mol. The second-order valence-corrected chi connectivity index (χ2v) is 20.1. The van der Waals surface area contributed by atoms with Crippen LogP contribution in [0.3, 0.4) is 0 Å². The van der Waals surface area contributed by atoms with Gasteiger partial charge in [0.2, 0.25) is 5.91 Å². The van der Waals surface area contributed by atoms with Gasteiger partial charge in [0.05, 0.1) is 25.4 Å². The van der Waals surface area contributed by atoms with E-state index in [0.29, 0.717) is 6.42 Å². The Balaban J connectivity index is 2.01.